The van der Waals surface area contributed by atoms with Crippen LogP contribution in [-0.4, -0.2) is 40.6 Å². The van der Waals surface area contributed by atoms with Crippen molar-refractivity contribution >= 4 is 11.6 Å². The van der Waals surface area contributed by atoms with Crippen molar-refractivity contribution in [3.8, 4) is 5.75 Å². The van der Waals surface area contributed by atoms with Gasteiger partial charge in [-0.1, -0.05) is 23.7 Å². The number of carbonyl (C=O) groups excluding carboxylic acids is 1. The highest BCUT2D eigenvalue weighted by Crippen LogP contribution is 2.23. The van der Waals surface area contributed by atoms with Crippen LogP contribution in [0.5, 0.6) is 5.75 Å². The molecule has 1 aliphatic rings. The van der Waals surface area contributed by atoms with Gasteiger partial charge in [-0.15, -0.1) is 0 Å². The fourth-order valence-electron chi connectivity index (χ4n) is 3.08. The normalized spacial score (nSPS) is 18.1. The van der Waals surface area contributed by atoms with Gasteiger partial charge in [0.25, 0.3) is 0 Å². The van der Waals surface area contributed by atoms with Gasteiger partial charge in [-0.05, 0) is 38.4 Å². The number of hydrogen-bond acceptors (Lipinski definition) is 6. The molecular formula is C18H24N4O3. The summed E-state index contributed by atoms with van der Waals surface area (Å²) in [7, 11) is 1.57. The fourth-order valence-corrected chi connectivity index (χ4v) is 3.08. The Bertz CT molecular complexity index is 716. The fraction of sp³-hybridized carbons (Fsp3) is 0.500. The van der Waals surface area contributed by atoms with Crippen LogP contribution in [0.2, 0.25) is 0 Å². The number of nitrogens with zero attached hydrogens (tertiary/aromatic N) is 3. The Morgan fingerprint density at radius 3 is 3.04 bits per heavy atom. The highest BCUT2D eigenvalue weighted by atomic mass is 16.5. The van der Waals surface area contributed by atoms with Gasteiger partial charge < -0.3 is 14.6 Å². The van der Waals surface area contributed by atoms with E-state index in [-0.39, 0.29) is 12.3 Å². The van der Waals surface area contributed by atoms with E-state index < -0.39 is 0 Å². The zero-order valence-electron chi connectivity index (χ0n) is 14.7. The van der Waals surface area contributed by atoms with Crippen LogP contribution in [0.4, 0.5) is 5.69 Å². The molecule has 7 heteroatoms. The van der Waals surface area contributed by atoms with Gasteiger partial charge in [0.2, 0.25) is 11.8 Å². The topological polar surface area (TPSA) is 80.5 Å². The molecule has 1 saturated heterocycles. The first-order chi connectivity index (χ1) is 12.2. The van der Waals surface area contributed by atoms with E-state index in [1.54, 1.807) is 19.2 Å². The average molecular weight is 344 g/mol. The zero-order valence-corrected chi connectivity index (χ0v) is 14.7. The number of ether oxygens (including phenoxy) is 1. The number of para-hydroxylation sites is 2. The van der Waals surface area contributed by atoms with Crippen LogP contribution >= 0.6 is 0 Å². The number of carbonyl (C=O) groups is 1. The Kier molecular flexibility index (Phi) is 5.65. The van der Waals surface area contributed by atoms with Crippen molar-refractivity contribution in [2.75, 3.05) is 19.0 Å². The van der Waals surface area contributed by atoms with Crippen LogP contribution in [0, 0.1) is 0 Å². The van der Waals surface area contributed by atoms with E-state index in [4.69, 9.17) is 9.26 Å². The molecule has 0 saturated carbocycles. The predicted molar refractivity (Wildman–Crippen MR) is 93.3 cm³/mol. The molecule has 1 atom stereocenters. The summed E-state index contributed by atoms with van der Waals surface area (Å²) in [5.41, 5.74) is 0.626. The minimum Gasteiger partial charge on any atom is -0.495 e. The third-order valence-corrected chi connectivity index (χ3v) is 4.49. The van der Waals surface area contributed by atoms with Gasteiger partial charge in [0.1, 0.15) is 5.75 Å². The quantitative estimate of drug-likeness (QED) is 0.868. The second-order valence-corrected chi connectivity index (χ2v) is 6.34. The van der Waals surface area contributed by atoms with Crippen LogP contribution in [0.15, 0.2) is 28.8 Å². The lowest BCUT2D eigenvalue weighted by molar-refractivity contribution is -0.115. The van der Waals surface area contributed by atoms with E-state index in [1.807, 2.05) is 12.1 Å². The minimum absolute atomic E-state index is 0.0666. The first kappa shape index (κ1) is 17.4. The van der Waals surface area contributed by atoms with Crippen LogP contribution in [0.1, 0.15) is 37.9 Å². The van der Waals surface area contributed by atoms with Crippen molar-refractivity contribution < 1.29 is 14.1 Å². The Morgan fingerprint density at radius 1 is 1.40 bits per heavy atom. The number of rotatable bonds is 6. The van der Waals surface area contributed by atoms with Gasteiger partial charge in [-0.2, -0.15) is 4.98 Å². The first-order valence-corrected chi connectivity index (χ1v) is 8.64. The number of amides is 1. The second-order valence-electron chi connectivity index (χ2n) is 6.34. The number of benzene rings is 1. The number of anilines is 1. The van der Waals surface area contributed by atoms with Crippen LogP contribution < -0.4 is 10.1 Å². The number of likely N-dealkylation sites (tertiary alicyclic amines) is 1. The summed E-state index contributed by atoms with van der Waals surface area (Å²) in [6.45, 7) is 3.91. The highest BCUT2D eigenvalue weighted by molar-refractivity contribution is 5.93. The summed E-state index contributed by atoms with van der Waals surface area (Å²) in [5, 5.41) is 6.74. The molecule has 3 rings (SSSR count). The largest absolute Gasteiger partial charge is 0.495 e. The van der Waals surface area contributed by atoms with E-state index in [1.165, 1.54) is 19.3 Å². The number of nitrogens with one attached hydrogen (secondary N) is 1. The molecule has 1 aromatic carbocycles. The van der Waals surface area contributed by atoms with Crippen molar-refractivity contribution in [1.82, 2.24) is 15.0 Å². The second kappa shape index (κ2) is 8.11. The van der Waals surface area contributed by atoms with Crippen molar-refractivity contribution in [3.05, 3.63) is 36.0 Å². The first-order valence-electron chi connectivity index (χ1n) is 8.64. The molecule has 1 amide bonds. The van der Waals surface area contributed by atoms with Gasteiger partial charge in [-0.3, -0.25) is 9.69 Å². The van der Waals surface area contributed by atoms with Crippen molar-refractivity contribution in [1.29, 1.82) is 0 Å². The molecule has 0 radical (unpaired) electrons. The van der Waals surface area contributed by atoms with Gasteiger partial charge in [0.15, 0.2) is 5.82 Å². The van der Waals surface area contributed by atoms with Crippen molar-refractivity contribution in [2.45, 2.75) is 45.2 Å². The number of aromatic nitrogens is 2. The molecule has 0 unspecified atom stereocenters. The molecule has 25 heavy (non-hydrogen) atoms. The van der Waals surface area contributed by atoms with Crippen LogP contribution in [0.25, 0.3) is 0 Å². The Hall–Kier alpha value is -2.41. The number of piperidine rings is 1. The minimum atomic E-state index is -0.205. The Balaban J connectivity index is 1.56. The molecule has 7 nitrogen and oxygen atoms in total. The summed E-state index contributed by atoms with van der Waals surface area (Å²) >= 11 is 0. The highest BCUT2D eigenvalue weighted by Gasteiger charge is 2.21. The molecule has 0 aliphatic carbocycles. The molecule has 1 fully saturated rings. The Morgan fingerprint density at radius 2 is 2.24 bits per heavy atom. The summed E-state index contributed by atoms with van der Waals surface area (Å²) in [6.07, 6.45) is 3.74. The standard InChI is InChI=1S/C18H24N4O3/c1-13-7-5-6-10-22(13)12-18-20-16(21-25-18)11-17(23)19-14-8-3-4-9-15(14)24-2/h3-4,8-9,13H,5-7,10-12H2,1-2H3,(H,19,23)/t13-/m0/s1. The van der Waals surface area contributed by atoms with Gasteiger partial charge in [0, 0.05) is 6.04 Å². The molecule has 2 heterocycles. The third-order valence-electron chi connectivity index (χ3n) is 4.49. The summed E-state index contributed by atoms with van der Waals surface area (Å²) < 4.78 is 10.5. The molecule has 1 N–H and O–H groups in total. The lowest BCUT2D eigenvalue weighted by Crippen LogP contribution is -2.36. The molecule has 0 spiro atoms. The predicted octanol–water partition coefficient (Wildman–Crippen LogP) is 2.63. The van der Waals surface area contributed by atoms with Crippen LogP contribution in [-0.2, 0) is 17.8 Å². The van der Waals surface area contributed by atoms with Crippen molar-refractivity contribution in [2.24, 2.45) is 0 Å². The zero-order chi connectivity index (χ0) is 17.6. The van der Waals surface area contributed by atoms with E-state index in [2.05, 4.69) is 27.3 Å². The van der Waals surface area contributed by atoms with Gasteiger partial charge >= 0.3 is 0 Å². The molecule has 1 aliphatic heterocycles. The maximum absolute atomic E-state index is 12.2. The maximum Gasteiger partial charge on any atom is 0.240 e. The monoisotopic (exact) mass is 344 g/mol. The molecule has 0 bridgehead atoms. The molecule has 134 valence electrons. The van der Waals surface area contributed by atoms with Crippen molar-refractivity contribution in [3.63, 3.8) is 0 Å². The number of hydrogen-bond donors (Lipinski definition) is 1. The lowest BCUT2D eigenvalue weighted by Gasteiger charge is -2.31. The molecule has 1 aromatic heterocycles. The van der Waals surface area contributed by atoms with Gasteiger partial charge in [-0.25, -0.2) is 0 Å². The SMILES string of the molecule is COc1ccccc1NC(=O)Cc1noc(CN2CCCC[C@@H]2C)n1. The van der Waals surface area contributed by atoms with E-state index in [9.17, 15) is 4.79 Å². The Labute approximate surface area is 147 Å². The maximum atomic E-state index is 12.2. The molecular weight excluding hydrogens is 320 g/mol. The number of methoxy groups -OCH3 is 1. The lowest BCUT2D eigenvalue weighted by atomic mass is 10.0. The van der Waals surface area contributed by atoms with E-state index in [0.29, 0.717) is 35.7 Å². The average Bonchev–Trinajstić information content (AvgIpc) is 3.04. The smallest absolute Gasteiger partial charge is 0.240 e. The van der Waals surface area contributed by atoms with E-state index >= 15 is 0 Å². The van der Waals surface area contributed by atoms with Crippen LogP contribution in [0.3, 0.4) is 0 Å². The summed E-state index contributed by atoms with van der Waals surface area (Å²) in [4.78, 5) is 18.9. The van der Waals surface area contributed by atoms with Gasteiger partial charge in [0.05, 0.1) is 25.8 Å². The third kappa shape index (κ3) is 4.57. The molecule has 2 aromatic rings. The van der Waals surface area contributed by atoms with E-state index in [0.717, 1.165) is 6.54 Å². The summed E-state index contributed by atoms with van der Waals surface area (Å²) in [6, 6.07) is 7.79. The summed E-state index contributed by atoms with van der Waals surface area (Å²) in [5.74, 6) is 1.37.